The molecule has 2 aliphatic heterocycles. The van der Waals surface area contributed by atoms with E-state index in [2.05, 4.69) is 11.1 Å². The molecule has 7 nitrogen and oxygen atoms in total. The molecular weight excluding hydrogens is 540 g/mol. The number of fused-ring (bicyclic) bond motifs is 4. The SMILES string of the molecule is COc1cc(C=C2c3ccccc3C(=O)c3ccccc32)ccc1OCOc1cc2c(cc1C)C(=O)N1CCC[C@H]1C=N2. The number of ketones is 1. The van der Waals surface area contributed by atoms with Crippen molar-refractivity contribution in [3.05, 3.63) is 118 Å². The number of hydrogen-bond acceptors (Lipinski definition) is 6. The second-order valence-electron chi connectivity index (χ2n) is 10.9. The van der Waals surface area contributed by atoms with Gasteiger partial charge < -0.3 is 19.1 Å². The molecular formula is C36H30N2O5. The Morgan fingerprint density at radius 1 is 0.837 bits per heavy atom. The fraction of sp³-hybridized carbons (Fsp3) is 0.194. The third kappa shape index (κ3) is 4.77. The highest BCUT2D eigenvalue weighted by atomic mass is 16.7. The number of carbonyl (C=O) groups is 2. The molecule has 1 saturated heterocycles. The molecule has 214 valence electrons. The quantitative estimate of drug-likeness (QED) is 0.208. The minimum Gasteiger partial charge on any atom is -0.493 e. The van der Waals surface area contributed by atoms with Crippen molar-refractivity contribution in [2.45, 2.75) is 25.8 Å². The molecule has 7 heteroatoms. The number of hydrogen-bond donors (Lipinski definition) is 0. The Morgan fingerprint density at radius 2 is 1.53 bits per heavy atom. The summed E-state index contributed by atoms with van der Waals surface area (Å²) in [7, 11) is 1.60. The van der Waals surface area contributed by atoms with E-state index in [-0.39, 0.29) is 24.5 Å². The lowest BCUT2D eigenvalue weighted by atomic mass is 9.81. The van der Waals surface area contributed by atoms with Crippen LogP contribution in [0.4, 0.5) is 5.69 Å². The van der Waals surface area contributed by atoms with E-state index >= 15 is 0 Å². The summed E-state index contributed by atoms with van der Waals surface area (Å²) in [4.78, 5) is 32.7. The lowest BCUT2D eigenvalue weighted by molar-refractivity contribution is 0.0774. The van der Waals surface area contributed by atoms with Crippen molar-refractivity contribution in [3.63, 3.8) is 0 Å². The van der Waals surface area contributed by atoms with Crippen molar-refractivity contribution < 1.29 is 23.8 Å². The summed E-state index contributed by atoms with van der Waals surface area (Å²) in [5.74, 6) is 1.75. The summed E-state index contributed by atoms with van der Waals surface area (Å²) in [6.45, 7) is 2.63. The molecule has 0 spiro atoms. The summed E-state index contributed by atoms with van der Waals surface area (Å²) in [6, 6.07) is 24.8. The van der Waals surface area contributed by atoms with Gasteiger partial charge in [-0.05, 0) is 71.9 Å². The van der Waals surface area contributed by atoms with E-state index in [9.17, 15) is 9.59 Å². The van der Waals surface area contributed by atoms with E-state index in [4.69, 9.17) is 14.2 Å². The van der Waals surface area contributed by atoms with Gasteiger partial charge in [0.25, 0.3) is 5.91 Å². The molecule has 0 bridgehead atoms. The molecule has 0 saturated carbocycles. The van der Waals surface area contributed by atoms with E-state index in [0.717, 1.165) is 47.2 Å². The Bertz CT molecular complexity index is 1790. The van der Waals surface area contributed by atoms with Crippen LogP contribution in [0.2, 0.25) is 0 Å². The van der Waals surface area contributed by atoms with Crippen LogP contribution in [0.3, 0.4) is 0 Å². The third-order valence-corrected chi connectivity index (χ3v) is 8.32. The van der Waals surface area contributed by atoms with E-state index in [0.29, 0.717) is 39.6 Å². The number of methoxy groups -OCH3 is 1. The maximum Gasteiger partial charge on any atom is 0.256 e. The monoisotopic (exact) mass is 570 g/mol. The average molecular weight is 571 g/mol. The lowest BCUT2D eigenvalue weighted by Gasteiger charge is -2.21. The molecule has 0 aromatic heterocycles. The van der Waals surface area contributed by atoms with Crippen LogP contribution in [0.5, 0.6) is 17.2 Å². The Hall–Kier alpha value is -5.17. The number of amides is 1. The summed E-state index contributed by atoms with van der Waals surface area (Å²) < 4.78 is 17.6. The van der Waals surface area contributed by atoms with Gasteiger partial charge in [-0.1, -0.05) is 54.6 Å². The van der Waals surface area contributed by atoms with Gasteiger partial charge in [0.1, 0.15) is 5.75 Å². The number of aliphatic imine (C=N–C) groups is 1. The fourth-order valence-corrected chi connectivity index (χ4v) is 6.13. The zero-order valence-electron chi connectivity index (χ0n) is 24.0. The predicted octanol–water partition coefficient (Wildman–Crippen LogP) is 6.87. The molecule has 7 rings (SSSR count). The van der Waals surface area contributed by atoms with Crippen LogP contribution in [0.15, 0.2) is 83.9 Å². The van der Waals surface area contributed by atoms with Crippen LogP contribution in [0.1, 0.15) is 61.4 Å². The van der Waals surface area contributed by atoms with Gasteiger partial charge in [-0.15, -0.1) is 0 Å². The van der Waals surface area contributed by atoms with Crippen LogP contribution in [0, 0.1) is 6.92 Å². The third-order valence-electron chi connectivity index (χ3n) is 8.32. The van der Waals surface area contributed by atoms with Gasteiger partial charge in [-0.2, -0.15) is 0 Å². The van der Waals surface area contributed by atoms with Crippen LogP contribution in [-0.2, 0) is 0 Å². The van der Waals surface area contributed by atoms with E-state index in [1.165, 1.54) is 0 Å². The van der Waals surface area contributed by atoms with Crippen LogP contribution < -0.4 is 14.2 Å². The molecule has 0 N–H and O–H groups in total. The number of benzene rings is 4. The minimum atomic E-state index is -0.0499. The number of rotatable bonds is 6. The molecule has 1 aliphatic carbocycles. The molecule has 1 fully saturated rings. The van der Waals surface area contributed by atoms with Gasteiger partial charge in [0, 0.05) is 30.0 Å². The standard InChI is InChI=1S/C36H30N2O5/c1-22-16-30-31(37-20-24-8-7-15-38(24)36(30)40)19-33(22)43-21-42-32-14-13-23(18-34(32)41-2)17-29-25-9-3-5-11-27(25)35(39)28-12-6-4-10-26(28)29/h3-6,9-14,16-20,24H,7-8,15,21H2,1-2H3/t24-/m0/s1. The van der Waals surface area contributed by atoms with E-state index in [1.807, 2.05) is 96.9 Å². The number of aryl methyl sites for hydroxylation is 1. The number of carbonyl (C=O) groups excluding carboxylic acids is 2. The fourth-order valence-electron chi connectivity index (χ4n) is 6.13. The van der Waals surface area contributed by atoms with E-state index in [1.54, 1.807) is 7.11 Å². The highest BCUT2D eigenvalue weighted by Gasteiger charge is 2.32. The van der Waals surface area contributed by atoms with Crippen LogP contribution >= 0.6 is 0 Å². The topological polar surface area (TPSA) is 77.4 Å². The number of ether oxygens (including phenoxy) is 3. The zero-order valence-corrected chi connectivity index (χ0v) is 24.0. The van der Waals surface area contributed by atoms with Crippen molar-refractivity contribution in [2.75, 3.05) is 20.4 Å². The highest BCUT2D eigenvalue weighted by molar-refractivity contribution is 6.20. The Morgan fingerprint density at radius 3 is 2.26 bits per heavy atom. The zero-order chi connectivity index (χ0) is 29.5. The molecule has 0 unspecified atom stereocenters. The van der Waals surface area contributed by atoms with Crippen LogP contribution in [-0.4, -0.2) is 49.3 Å². The largest absolute Gasteiger partial charge is 0.493 e. The lowest BCUT2D eigenvalue weighted by Crippen LogP contribution is -2.35. The molecule has 3 aliphatic rings. The molecule has 4 aromatic rings. The second kappa shape index (κ2) is 10.9. The molecule has 1 amide bonds. The predicted molar refractivity (Wildman–Crippen MR) is 166 cm³/mol. The number of nitrogens with zero attached hydrogens (tertiary/aromatic N) is 2. The average Bonchev–Trinajstić information content (AvgIpc) is 3.47. The molecule has 2 heterocycles. The van der Waals surface area contributed by atoms with Crippen LogP contribution in [0.25, 0.3) is 11.6 Å². The van der Waals surface area contributed by atoms with Gasteiger partial charge in [0.15, 0.2) is 17.3 Å². The Kier molecular flexibility index (Phi) is 6.78. The molecule has 43 heavy (non-hydrogen) atoms. The minimum absolute atomic E-state index is 0.0208. The van der Waals surface area contributed by atoms with Crippen molar-refractivity contribution in [3.8, 4) is 17.2 Å². The van der Waals surface area contributed by atoms with Gasteiger partial charge in [-0.3, -0.25) is 14.6 Å². The first kappa shape index (κ1) is 26.7. The summed E-state index contributed by atoms with van der Waals surface area (Å²) in [5.41, 5.74) is 7.13. The summed E-state index contributed by atoms with van der Waals surface area (Å²) in [5, 5.41) is 0. The van der Waals surface area contributed by atoms with Crippen molar-refractivity contribution >= 4 is 35.2 Å². The van der Waals surface area contributed by atoms with Gasteiger partial charge >= 0.3 is 0 Å². The van der Waals surface area contributed by atoms with Crippen molar-refractivity contribution in [1.29, 1.82) is 0 Å². The maximum absolute atomic E-state index is 13.1. The smallest absolute Gasteiger partial charge is 0.256 e. The first-order valence-corrected chi connectivity index (χ1v) is 14.4. The summed E-state index contributed by atoms with van der Waals surface area (Å²) in [6.07, 6.45) is 5.88. The Labute approximate surface area is 250 Å². The normalized spacial score (nSPS) is 16.6. The second-order valence-corrected chi connectivity index (χ2v) is 10.9. The van der Waals surface area contributed by atoms with Crippen molar-refractivity contribution in [2.24, 2.45) is 4.99 Å². The van der Waals surface area contributed by atoms with Crippen molar-refractivity contribution in [1.82, 2.24) is 4.90 Å². The first-order chi connectivity index (χ1) is 21.0. The van der Waals surface area contributed by atoms with Gasteiger partial charge in [-0.25, -0.2) is 0 Å². The van der Waals surface area contributed by atoms with Gasteiger partial charge in [0.2, 0.25) is 6.79 Å². The van der Waals surface area contributed by atoms with Gasteiger partial charge in [0.05, 0.1) is 24.4 Å². The summed E-state index contributed by atoms with van der Waals surface area (Å²) >= 11 is 0. The molecule has 0 radical (unpaired) electrons. The molecule has 4 aromatic carbocycles. The Balaban J connectivity index is 1.12. The highest BCUT2D eigenvalue weighted by Crippen LogP contribution is 2.39. The van der Waals surface area contributed by atoms with E-state index < -0.39 is 0 Å². The molecule has 1 atom stereocenters. The maximum atomic E-state index is 13.1. The first-order valence-electron chi connectivity index (χ1n) is 14.4.